The van der Waals surface area contributed by atoms with Crippen LogP contribution in [-0.4, -0.2) is 16.1 Å². The minimum Gasteiger partial charge on any atom is -0.477 e. The van der Waals surface area contributed by atoms with Crippen molar-refractivity contribution in [2.24, 2.45) is 0 Å². The summed E-state index contributed by atoms with van der Waals surface area (Å²) in [7, 11) is 0. The van der Waals surface area contributed by atoms with Crippen molar-refractivity contribution in [3.8, 4) is 0 Å². The summed E-state index contributed by atoms with van der Waals surface area (Å²) >= 11 is 1.21. The molecular formula is C15H16FNO2S. The highest BCUT2D eigenvalue weighted by Gasteiger charge is 2.24. The van der Waals surface area contributed by atoms with Crippen LogP contribution < -0.4 is 0 Å². The zero-order chi connectivity index (χ0) is 14.9. The highest BCUT2D eigenvalue weighted by Crippen LogP contribution is 2.30. The molecule has 0 unspecified atom stereocenters. The van der Waals surface area contributed by atoms with Gasteiger partial charge in [0.25, 0.3) is 0 Å². The lowest BCUT2D eigenvalue weighted by atomic mass is 9.98. The number of nitrogens with zero attached hydrogens (tertiary/aromatic N) is 1. The fraction of sp³-hybridized carbons (Fsp3) is 0.333. The van der Waals surface area contributed by atoms with Crippen LogP contribution in [0.1, 0.15) is 46.7 Å². The van der Waals surface area contributed by atoms with E-state index in [1.54, 1.807) is 12.1 Å². The van der Waals surface area contributed by atoms with Crippen molar-refractivity contribution in [1.29, 1.82) is 0 Å². The first-order valence-corrected chi connectivity index (χ1v) is 7.07. The lowest BCUT2D eigenvalue weighted by Gasteiger charge is -2.13. The molecule has 0 aliphatic heterocycles. The van der Waals surface area contributed by atoms with Gasteiger partial charge in [0.15, 0.2) is 0 Å². The number of carbonyl (C=O) groups is 1. The van der Waals surface area contributed by atoms with Gasteiger partial charge in [-0.2, -0.15) is 0 Å². The van der Waals surface area contributed by atoms with Crippen LogP contribution in [0.3, 0.4) is 0 Å². The first-order valence-electron chi connectivity index (χ1n) is 6.25. The summed E-state index contributed by atoms with van der Waals surface area (Å²) in [4.78, 5) is 16.0. The van der Waals surface area contributed by atoms with Gasteiger partial charge >= 0.3 is 5.97 Å². The predicted molar refractivity (Wildman–Crippen MR) is 77.0 cm³/mol. The van der Waals surface area contributed by atoms with Crippen LogP contribution in [0.25, 0.3) is 0 Å². The van der Waals surface area contributed by atoms with Crippen molar-refractivity contribution in [2.45, 2.75) is 32.6 Å². The summed E-state index contributed by atoms with van der Waals surface area (Å²) in [5.41, 5.74) is 1.20. The highest BCUT2D eigenvalue weighted by molar-refractivity contribution is 7.13. The minimum atomic E-state index is -0.963. The number of aromatic carboxylic acids is 1. The molecule has 2 aromatic rings. The molecule has 0 atom stereocenters. The van der Waals surface area contributed by atoms with Crippen LogP contribution in [0.4, 0.5) is 4.39 Å². The molecule has 3 nitrogen and oxygen atoms in total. The Balaban J connectivity index is 2.37. The Morgan fingerprint density at radius 3 is 2.40 bits per heavy atom. The zero-order valence-corrected chi connectivity index (χ0v) is 12.4. The summed E-state index contributed by atoms with van der Waals surface area (Å²) in [6.45, 7) is 6.00. The van der Waals surface area contributed by atoms with Gasteiger partial charge in [0.2, 0.25) is 0 Å². The third-order valence-electron chi connectivity index (χ3n) is 2.82. The molecule has 1 heterocycles. The van der Waals surface area contributed by atoms with E-state index in [1.807, 2.05) is 20.8 Å². The van der Waals surface area contributed by atoms with Gasteiger partial charge in [-0.25, -0.2) is 14.2 Å². The van der Waals surface area contributed by atoms with E-state index in [0.29, 0.717) is 12.1 Å². The third-order valence-corrected chi connectivity index (χ3v) is 4.33. The molecular weight excluding hydrogens is 277 g/mol. The van der Waals surface area contributed by atoms with Crippen molar-refractivity contribution in [2.75, 3.05) is 0 Å². The van der Waals surface area contributed by atoms with Crippen molar-refractivity contribution >= 4 is 17.3 Å². The molecule has 2 rings (SSSR count). The maximum absolute atomic E-state index is 12.9. The van der Waals surface area contributed by atoms with E-state index in [2.05, 4.69) is 4.98 Å². The molecule has 0 spiro atoms. The Kier molecular flexibility index (Phi) is 3.90. The summed E-state index contributed by atoms with van der Waals surface area (Å²) in [5, 5.41) is 10.1. The van der Waals surface area contributed by atoms with E-state index in [-0.39, 0.29) is 16.1 Å². The number of carboxylic acids is 1. The lowest BCUT2D eigenvalue weighted by molar-refractivity contribution is 0.0701. The second-order valence-corrected chi connectivity index (χ2v) is 6.65. The smallest absolute Gasteiger partial charge is 0.347 e. The van der Waals surface area contributed by atoms with Gasteiger partial charge < -0.3 is 5.11 Å². The van der Waals surface area contributed by atoms with Gasteiger partial charge in [-0.05, 0) is 17.7 Å². The molecule has 0 saturated heterocycles. The lowest BCUT2D eigenvalue weighted by Crippen LogP contribution is -2.10. The minimum absolute atomic E-state index is 0.185. The number of benzene rings is 1. The Morgan fingerprint density at radius 1 is 1.30 bits per heavy atom. The van der Waals surface area contributed by atoms with E-state index in [4.69, 9.17) is 0 Å². The quantitative estimate of drug-likeness (QED) is 0.934. The molecule has 106 valence electrons. The van der Waals surface area contributed by atoms with Crippen LogP contribution >= 0.6 is 11.3 Å². The molecule has 0 saturated carbocycles. The third kappa shape index (κ3) is 3.22. The van der Waals surface area contributed by atoms with Gasteiger partial charge in [-0.15, -0.1) is 11.3 Å². The number of aromatic nitrogens is 1. The van der Waals surface area contributed by atoms with Gasteiger partial charge in [-0.3, -0.25) is 0 Å². The molecule has 0 aliphatic rings. The van der Waals surface area contributed by atoms with Crippen LogP contribution in [0.15, 0.2) is 24.3 Å². The molecule has 0 bridgehead atoms. The van der Waals surface area contributed by atoms with E-state index < -0.39 is 5.97 Å². The van der Waals surface area contributed by atoms with E-state index in [1.165, 1.54) is 23.5 Å². The average molecular weight is 293 g/mol. The van der Waals surface area contributed by atoms with Crippen LogP contribution in [0, 0.1) is 5.82 Å². The Hall–Kier alpha value is -1.75. The summed E-state index contributed by atoms with van der Waals surface area (Å²) in [6, 6.07) is 6.04. The fourth-order valence-corrected chi connectivity index (χ4v) is 2.73. The maximum Gasteiger partial charge on any atom is 0.347 e. The van der Waals surface area contributed by atoms with Crippen molar-refractivity contribution in [3.05, 3.63) is 51.2 Å². The number of halogens is 1. The predicted octanol–water partition coefficient (Wildman–Crippen LogP) is 3.87. The average Bonchev–Trinajstić information content (AvgIpc) is 2.76. The molecule has 0 amide bonds. The topological polar surface area (TPSA) is 50.2 Å². The molecule has 0 aliphatic carbocycles. The maximum atomic E-state index is 12.9. The largest absolute Gasteiger partial charge is 0.477 e. The number of hydrogen-bond donors (Lipinski definition) is 1. The van der Waals surface area contributed by atoms with Gasteiger partial charge in [0, 0.05) is 11.8 Å². The standard InChI is InChI=1S/C15H16FNO2S/c1-15(2,3)14-17-11(12(20-14)13(18)19)8-9-4-6-10(16)7-5-9/h4-7H,8H2,1-3H3,(H,18,19). The first kappa shape index (κ1) is 14.7. The number of carboxylic acid groups (broad SMARTS) is 1. The Bertz CT molecular complexity index is 626. The molecule has 1 N–H and O–H groups in total. The van der Waals surface area contributed by atoms with Crippen LogP contribution in [0.2, 0.25) is 0 Å². The van der Waals surface area contributed by atoms with Gasteiger partial charge in [0.1, 0.15) is 10.7 Å². The van der Waals surface area contributed by atoms with E-state index in [0.717, 1.165) is 10.6 Å². The summed E-state index contributed by atoms with van der Waals surface area (Å²) in [5.74, 6) is -1.27. The summed E-state index contributed by atoms with van der Waals surface area (Å²) < 4.78 is 12.9. The van der Waals surface area contributed by atoms with Crippen molar-refractivity contribution < 1.29 is 14.3 Å². The van der Waals surface area contributed by atoms with E-state index in [9.17, 15) is 14.3 Å². The fourth-order valence-electron chi connectivity index (χ4n) is 1.76. The molecule has 1 aromatic carbocycles. The SMILES string of the molecule is CC(C)(C)c1nc(Cc2ccc(F)cc2)c(C(=O)O)s1. The van der Waals surface area contributed by atoms with Crippen molar-refractivity contribution in [3.63, 3.8) is 0 Å². The van der Waals surface area contributed by atoms with E-state index >= 15 is 0 Å². The molecule has 1 aromatic heterocycles. The monoisotopic (exact) mass is 293 g/mol. The molecule has 5 heteroatoms. The number of hydrogen-bond acceptors (Lipinski definition) is 3. The zero-order valence-electron chi connectivity index (χ0n) is 11.6. The molecule has 0 fully saturated rings. The molecule has 0 radical (unpaired) electrons. The second kappa shape index (κ2) is 5.32. The van der Waals surface area contributed by atoms with Gasteiger partial charge in [0.05, 0.1) is 10.7 Å². The number of rotatable bonds is 3. The first-order chi connectivity index (χ1) is 9.27. The summed E-state index contributed by atoms with van der Waals surface area (Å²) in [6.07, 6.45) is 0.397. The highest BCUT2D eigenvalue weighted by atomic mass is 32.1. The molecule has 20 heavy (non-hydrogen) atoms. The van der Waals surface area contributed by atoms with Gasteiger partial charge in [-0.1, -0.05) is 32.9 Å². The Morgan fingerprint density at radius 2 is 1.90 bits per heavy atom. The van der Waals surface area contributed by atoms with Crippen LogP contribution in [-0.2, 0) is 11.8 Å². The number of thiazole rings is 1. The second-order valence-electron chi connectivity index (χ2n) is 5.65. The Labute approximate surface area is 121 Å². The van der Waals surface area contributed by atoms with Crippen molar-refractivity contribution in [1.82, 2.24) is 4.98 Å². The normalized spacial score (nSPS) is 11.6. The van der Waals surface area contributed by atoms with Crippen LogP contribution in [0.5, 0.6) is 0 Å².